The molecule has 130 valence electrons. The Morgan fingerprint density at radius 3 is 2.39 bits per heavy atom. The number of aryl methyl sites for hydroxylation is 1. The van der Waals surface area contributed by atoms with E-state index in [-0.39, 0.29) is 18.6 Å². The quantitative estimate of drug-likeness (QED) is 0.413. The first-order valence-electron chi connectivity index (χ1n) is 7.12. The minimum absolute atomic E-state index is 0.0531. The molecule has 1 rings (SSSR count). The van der Waals surface area contributed by atoms with Crippen LogP contribution in [0.25, 0.3) is 0 Å². The summed E-state index contributed by atoms with van der Waals surface area (Å²) in [4.78, 5) is 12.3. The van der Waals surface area contributed by atoms with Gasteiger partial charge in [-0.1, -0.05) is 0 Å². The van der Waals surface area contributed by atoms with Crippen LogP contribution in [0.2, 0.25) is 0 Å². The van der Waals surface area contributed by atoms with E-state index in [1.165, 1.54) is 12.1 Å². The summed E-state index contributed by atoms with van der Waals surface area (Å²) in [6, 6.07) is 2.59. The van der Waals surface area contributed by atoms with Crippen LogP contribution < -0.4 is 0 Å². The van der Waals surface area contributed by atoms with Gasteiger partial charge in [0.2, 0.25) is 0 Å². The molecule has 0 N–H and O–H groups in total. The molecular formula is C16H20F4O2S. The lowest BCUT2D eigenvalue weighted by Crippen LogP contribution is -2.29. The van der Waals surface area contributed by atoms with Crippen molar-refractivity contribution in [2.45, 2.75) is 45.2 Å². The van der Waals surface area contributed by atoms with E-state index in [0.29, 0.717) is 22.2 Å². The zero-order valence-corrected chi connectivity index (χ0v) is 14.3. The van der Waals surface area contributed by atoms with E-state index in [2.05, 4.69) is 0 Å². The zero-order chi connectivity index (χ0) is 17.8. The average Bonchev–Trinajstić information content (AvgIpc) is 2.39. The molecule has 0 amide bonds. The third kappa shape index (κ3) is 6.05. The van der Waals surface area contributed by atoms with Gasteiger partial charge in [0.15, 0.2) is 0 Å². The van der Waals surface area contributed by atoms with Gasteiger partial charge in [-0.15, -0.1) is 11.8 Å². The number of rotatable bonds is 6. The molecule has 0 saturated heterocycles. The normalized spacial score (nSPS) is 12.3. The summed E-state index contributed by atoms with van der Waals surface area (Å²) in [5, 5.41) is 0. The number of halogens is 4. The van der Waals surface area contributed by atoms with Gasteiger partial charge in [-0.05, 0) is 57.4 Å². The first-order valence-corrected chi connectivity index (χ1v) is 8.10. The van der Waals surface area contributed by atoms with E-state index in [0.717, 1.165) is 0 Å². The predicted octanol–water partition coefficient (Wildman–Crippen LogP) is 4.92. The lowest BCUT2D eigenvalue weighted by Gasteiger charge is -2.23. The van der Waals surface area contributed by atoms with Crippen LogP contribution in [0.3, 0.4) is 0 Å². The first-order chi connectivity index (χ1) is 10.5. The molecular weight excluding hydrogens is 332 g/mol. The van der Waals surface area contributed by atoms with Crippen LogP contribution in [0.5, 0.6) is 0 Å². The third-order valence-corrected chi connectivity index (χ3v) is 4.42. The van der Waals surface area contributed by atoms with Crippen molar-refractivity contribution < 1.29 is 27.1 Å². The standard InChI is InChI=1S/C16H20F4O2S/c1-5-22-14(21)15(3,4)8-11-7-13(10(2)6-12(11)17)23-9-16(18,19)20/h6-7H,5,8-9H2,1-4H3. The van der Waals surface area contributed by atoms with E-state index < -0.39 is 29.1 Å². The number of thioether (sulfide) groups is 1. The van der Waals surface area contributed by atoms with Gasteiger partial charge in [-0.25, -0.2) is 4.39 Å². The van der Waals surface area contributed by atoms with Crippen LogP contribution in [0, 0.1) is 18.2 Å². The minimum atomic E-state index is -4.30. The lowest BCUT2D eigenvalue weighted by molar-refractivity contribution is -0.153. The summed E-state index contributed by atoms with van der Waals surface area (Å²) in [5.41, 5.74) is -0.314. The van der Waals surface area contributed by atoms with Crippen LogP contribution in [-0.2, 0) is 16.0 Å². The molecule has 0 fully saturated rings. The Labute approximate surface area is 137 Å². The van der Waals surface area contributed by atoms with Crippen molar-refractivity contribution in [2.75, 3.05) is 12.4 Å². The highest BCUT2D eigenvalue weighted by Crippen LogP contribution is 2.33. The summed E-state index contributed by atoms with van der Waals surface area (Å²) in [6.45, 7) is 6.68. The molecule has 0 aliphatic carbocycles. The summed E-state index contributed by atoms with van der Waals surface area (Å²) >= 11 is 0.614. The summed E-state index contributed by atoms with van der Waals surface area (Å²) in [5.74, 6) is -2.04. The van der Waals surface area contributed by atoms with Gasteiger partial charge < -0.3 is 4.74 Å². The van der Waals surface area contributed by atoms with Gasteiger partial charge in [-0.3, -0.25) is 4.79 Å². The van der Waals surface area contributed by atoms with Crippen molar-refractivity contribution in [3.8, 4) is 0 Å². The number of esters is 1. The zero-order valence-electron chi connectivity index (χ0n) is 13.5. The molecule has 0 atom stereocenters. The molecule has 23 heavy (non-hydrogen) atoms. The Balaban J connectivity index is 3.01. The van der Waals surface area contributed by atoms with Crippen molar-refractivity contribution in [1.29, 1.82) is 0 Å². The van der Waals surface area contributed by atoms with Crippen molar-refractivity contribution in [3.05, 3.63) is 29.1 Å². The van der Waals surface area contributed by atoms with Crippen molar-refractivity contribution >= 4 is 17.7 Å². The van der Waals surface area contributed by atoms with Gasteiger partial charge in [0.05, 0.1) is 17.8 Å². The Morgan fingerprint density at radius 2 is 1.87 bits per heavy atom. The molecule has 7 heteroatoms. The number of alkyl halides is 3. The van der Waals surface area contributed by atoms with Crippen LogP contribution in [0.15, 0.2) is 17.0 Å². The maximum Gasteiger partial charge on any atom is 0.398 e. The smallest absolute Gasteiger partial charge is 0.398 e. The van der Waals surface area contributed by atoms with Crippen molar-refractivity contribution in [2.24, 2.45) is 5.41 Å². The Hall–Kier alpha value is -1.24. The minimum Gasteiger partial charge on any atom is -0.466 e. The fraction of sp³-hybridized carbons (Fsp3) is 0.562. The van der Waals surface area contributed by atoms with Crippen molar-refractivity contribution in [1.82, 2.24) is 0 Å². The molecule has 0 aromatic heterocycles. The van der Waals surface area contributed by atoms with E-state index in [1.807, 2.05) is 0 Å². The number of hydrogen-bond acceptors (Lipinski definition) is 3. The molecule has 1 aromatic carbocycles. The summed E-state index contributed by atoms with van der Waals surface area (Å²) < 4.78 is 56.1. The van der Waals surface area contributed by atoms with Crippen LogP contribution in [0.1, 0.15) is 31.9 Å². The highest BCUT2D eigenvalue weighted by molar-refractivity contribution is 7.99. The molecule has 0 aliphatic rings. The maximum absolute atomic E-state index is 14.1. The highest BCUT2D eigenvalue weighted by Gasteiger charge is 2.31. The van der Waals surface area contributed by atoms with Crippen LogP contribution >= 0.6 is 11.8 Å². The largest absolute Gasteiger partial charge is 0.466 e. The SMILES string of the molecule is CCOC(=O)C(C)(C)Cc1cc(SCC(F)(F)F)c(C)cc1F. The summed E-state index contributed by atoms with van der Waals surface area (Å²) in [7, 11) is 0. The topological polar surface area (TPSA) is 26.3 Å². The molecule has 0 saturated carbocycles. The van der Waals surface area contributed by atoms with Crippen molar-refractivity contribution in [3.63, 3.8) is 0 Å². The first kappa shape index (κ1) is 19.8. The van der Waals surface area contributed by atoms with Crippen LogP contribution in [-0.4, -0.2) is 24.5 Å². The lowest BCUT2D eigenvalue weighted by atomic mass is 9.85. The van der Waals surface area contributed by atoms with Gasteiger partial charge in [0.25, 0.3) is 0 Å². The highest BCUT2D eigenvalue weighted by atomic mass is 32.2. The Bertz CT molecular complexity index is 568. The van der Waals surface area contributed by atoms with E-state index in [1.54, 1.807) is 27.7 Å². The molecule has 0 heterocycles. The number of ether oxygens (including phenoxy) is 1. The number of hydrogen-bond donors (Lipinski definition) is 0. The van der Waals surface area contributed by atoms with Gasteiger partial charge >= 0.3 is 12.1 Å². The average molecular weight is 352 g/mol. The van der Waals surface area contributed by atoms with Crippen LogP contribution in [0.4, 0.5) is 17.6 Å². The van der Waals surface area contributed by atoms with E-state index >= 15 is 0 Å². The maximum atomic E-state index is 14.1. The fourth-order valence-electron chi connectivity index (χ4n) is 2.02. The second kappa shape index (κ2) is 7.55. The second-order valence-electron chi connectivity index (χ2n) is 5.89. The number of carbonyl (C=O) groups is 1. The molecule has 0 spiro atoms. The molecule has 1 aromatic rings. The monoisotopic (exact) mass is 352 g/mol. The molecule has 0 unspecified atom stereocenters. The second-order valence-corrected chi connectivity index (χ2v) is 6.91. The molecule has 0 aliphatic heterocycles. The predicted molar refractivity (Wildman–Crippen MR) is 82.0 cm³/mol. The molecule has 0 radical (unpaired) electrons. The Kier molecular flexibility index (Phi) is 6.50. The third-order valence-electron chi connectivity index (χ3n) is 3.20. The number of benzene rings is 1. The number of carbonyl (C=O) groups excluding carboxylic acids is 1. The fourth-order valence-corrected chi connectivity index (χ4v) is 2.85. The van der Waals surface area contributed by atoms with E-state index in [9.17, 15) is 22.4 Å². The van der Waals surface area contributed by atoms with E-state index in [4.69, 9.17) is 4.74 Å². The molecule has 2 nitrogen and oxygen atoms in total. The molecule has 0 bridgehead atoms. The summed E-state index contributed by atoms with van der Waals surface area (Å²) in [6.07, 6.45) is -4.24. The van der Waals surface area contributed by atoms with Gasteiger partial charge in [0.1, 0.15) is 5.82 Å². The Morgan fingerprint density at radius 1 is 1.26 bits per heavy atom. The van der Waals surface area contributed by atoms with Gasteiger partial charge in [0, 0.05) is 4.90 Å². The van der Waals surface area contributed by atoms with Gasteiger partial charge in [-0.2, -0.15) is 13.2 Å².